The van der Waals surface area contributed by atoms with E-state index in [-0.39, 0.29) is 16.1 Å². The number of carbonyl (C=O) groups excluding carboxylic acids is 2. The molecule has 0 saturated carbocycles. The third-order valence-corrected chi connectivity index (χ3v) is 5.29. The highest BCUT2D eigenvalue weighted by molar-refractivity contribution is 7.16. The number of rotatable bonds is 6. The maximum atomic E-state index is 14.1. The van der Waals surface area contributed by atoms with Gasteiger partial charge in [0.2, 0.25) is 0 Å². The van der Waals surface area contributed by atoms with Crippen LogP contribution in [-0.2, 0) is 16.0 Å². The Labute approximate surface area is 169 Å². The summed E-state index contributed by atoms with van der Waals surface area (Å²) in [5.74, 6) is -2.90. The smallest absolute Gasteiger partial charge is 0.441 e. The molecule has 2 N–H and O–H groups in total. The van der Waals surface area contributed by atoms with Crippen molar-refractivity contribution in [2.75, 3.05) is 12.4 Å². The van der Waals surface area contributed by atoms with Crippen molar-refractivity contribution in [2.24, 2.45) is 0 Å². The van der Waals surface area contributed by atoms with E-state index in [0.717, 1.165) is 18.4 Å². The van der Waals surface area contributed by atoms with Crippen LogP contribution < -0.4 is 10.6 Å². The van der Waals surface area contributed by atoms with Crippen LogP contribution in [0.25, 0.3) is 0 Å². The summed E-state index contributed by atoms with van der Waals surface area (Å²) in [4.78, 5) is 25.4. The molecule has 29 heavy (non-hydrogen) atoms. The zero-order chi connectivity index (χ0) is 21.8. The number of anilines is 1. The molecule has 1 aromatic carbocycles. The monoisotopic (exact) mass is 425 g/mol. The Kier molecular flexibility index (Phi) is 6.54. The highest BCUT2D eigenvalue weighted by atomic mass is 32.1. The molecule has 154 valence electrons. The van der Waals surface area contributed by atoms with E-state index >= 15 is 0 Å². The number of nitrogens with one attached hydrogen (secondary N) is 2. The molecule has 0 radical (unpaired) electrons. The molecular weight excluding hydrogens is 407 g/mol. The van der Waals surface area contributed by atoms with Crippen molar-refractivity contribution in [3.8, 4) is 6.07 Å². The molecule has 1 heterocycles. The number of hydrogen-bond acceptors (Lipinski definition) is 6. The second-order valence-corrected chi connectivity index (χ2v) is 7.22. The summed E-state index contributed by atoms with van der Waals surface area (Å²) in [5.41, 5.74) is -3.11. The average molecular weight is 425 g/mol. The number of esters is 1. The molecule has 0 spiro atoms. The Morgan fingerprint density at radius 3 is 2.34 bits per heavy atom. The molecule has 0 unspecified atom stereocenters. The Morgan fingerprint density at radius 1 is 1.24 bits per heavy atom. The fourth-order valence-electron chi connectivity index (χ4n) is 2.76. The van der Waals surface area contributed by atoms with Gasteiger partial charge in [-0.05, 0) is 31.0 Å². The second-order valence-electron chi connectivity index (χ2n) is 5.99. The molecule has 6 nitrogen and oxygen atoms in total. The predicted molar refractivity (Wildman–Crippen MR) is 101 cm³/mol. The minimum atomic E-state index is -5.28. The van der Waals surface area contributed by atoms with Gasteiger partial charge in [-0.2, -0.15) is 18.4 Å². The molecule has 10 heteroatoms. The SMILES string of the molecule is CCc1c(C)sc(N[C@](NC(=O)c2ccccc2)(C(=O)OC)C(F)(F)F)c1C#N. The van der Waals surface area contributed by atoms with Crippen molar-refractivity contribution in [3.63, 3.8) is 0 Å². The van der Waals surface area contributed by atoms with Gasteiger partial charge in [0.15, 0.2) is 0 Å². The van der Waals surface area contributed by atoms with Crippen LogP contribution in [0, 0.1) is 18.3 Å². The van der Waals surface area contributed by atoms with Crippen LogP contribution in [0.4, 0.5) is 18.2 Å². The van der Waals surface area contributed by atoms with E-state index in [1.807, 2.05) is 6.07 Å². The molecule has 0 aliphatic carbocycles. The van der Waals surface area contributed by atoms with Crippen molar-refractivity contribution >= 4 is 28.2 Å². The standard InChI is InChI=1S/C19H18F3N3O3S/c1-4-13-11(2)29-16(14(13)10-23)25-18(17(27)28-3,19(20,21)22)24-15(26)12-8-6-5-7-9-12/h5-9,25H,4H2,1-3H3,(H,24,26)/t18-/m1/s1. The van der Waals surface area contributed by atoms with Crippen LogP contribution in [0.5, 0.6) is 0 Å². The summed E-state index contributed by atoms with van der Waals surface area (Å²) >= 11 is 0.891. The number of methoxy groups -OCH3 is 1. The minimum absolute atomic E-state index is 0.0125. The Balaban J connectivity index is 2.61. The number of carbonyl (C=O) groups is 2. The van der Waals surface area contributed by atoms with E-state index in [2.05, 4.69) is 10.1 Å². The highest BCUT2D eigenvalue weighted by Gasteiger charge is 2.64. The molecule has 0 aliphatic heterocycles. The Hall–Kier alpha value is -3.06. The fraction of sp³-hybridized carbons (Fsp3) is 0.316. The summed E-state index contributed by atoms with van der Waals surface area (Å²) in [7, 11) is 0.779. The molecule has 1 aromatic heterocycles. The number of nitrogens with zero attached hydrogens (tertiary/aromatic N) is 1. The lowest BCUT2D eigenvalue weighted by atomic mass is 10.1. The van der Waals surface area contributed by atoms with E-state index in [9.17, 15) is 28.0 Å². The Bertz CT molecular complexity index is 951. The lowest BCUT2D eigenvalue weighted by molar-refractivity contribution is -0.203. The molecule has 0 fully saturated rings. The maximum absolute atomic E-state index is 14.1. The van der Waals surface area contributed by atoms with Crippen LogP contribution in [0.3, 0.4) is 0 Å². The zero-order valence-corrected chi connectivity index (χ0v) is 16.6. The first-order chi connectivity index (χ1) is 13.6. The summed E-state index contributed by atoms with van der Waals surface area (Å²) in [6.45, 7) is 3.42. The van der Waals surface area contributed by atoms with Crippen molar-refractivity contribution in [1.82, 2.24) is 5.32 Å². The van der Waals surface area contributed by atoms with Crippen molar-refractivity contribution in [2.45, 2.75) is 32.1 Å². The minimum Gasteiger partial charge on any atom is -0.466 e. The summed E-state index contributed by atoms with van der Waals surface area (Å²) < 4.78 is 46.8. The number of thiophene rings is 1. The van der Waals surface area contributed by atoms with Crippen LogP contribution in [0.1, 0.15) is 33.3 Å². The lowest BCUT2D eigenvalue weighted by Crippen LogP contribution is -2.69. The average Bonchev–Trinajstić information content (AvgIpc) is 3.00. The number of aryl methyl sites for hydroxylation is 1. The van der Waals surface area contributed by atoms with Gasteiger partial charge in [-0.3, -0.25) is 4.79 Å². The van der Waals surface area contributed by atoms with E-state index in [1.165, 1.54) is 24.3 Å². The normalized spacial score (nSPS) is 13.1. The highest BCUT2D eigenvalue weighted by Crippen LogP contribution is 2.39. The van der Waals surface area contributed by atoms with Crippen LogP contribution in [0.15, 0.2) is 30.3 Å². The summed E-state index contributed by atoms with van der Waals surface area (Å²) in [6.07, 6.45) is -4.86. The van der Waals surface area contributed by atoms with Gasteiger partial charge in [0, 0.05) is 10.4 Å². The second kappa shape index (κ2) is 8.53. The number of benzene rings is 1. The third kappa shape index (κ3) is 4.19. The van der Waals surface area contributed by atoms with Gasteiger partial charge in [-0.25, -0.2) is 4.79 Å². The summed E-state index contributed by atoms with van der Waals surface area (Å²) in [6, 6.07) is 9.01. The van der Waals surface area contributed by atoms with Crippen LogP contribution in [0.2, 0.25) is 0 Å². The quantitative estimate of drug-likeness (QED) is 0.543. The topological polar surface area (TPSA) is 91.2 Å². The molecule has 2 rings (SSSR count). The molecule has 0 saturated heterocycles. The molecule has 0 aliphatic rings. The van der Waals surface area contributed by atoms with E-state index < -0.39 is 23.7 Å². The largest absolute Gasteiger partial charge is 0.466 e. The van der Waals surface area contributed by atoms with Gasteiger partial charge in [0.05, 0.1) is 12.7 Å². The number of ether oxygens (including phenoxy) is 1. The molecule has 1 amide bonds. The first-order valence-electron chi connectivity index (χ1n) is 8.44. The lowest BCUT2D eigenvalue weighted by Gasteiger charge is -2.34. The fourth-order valence-corrected chi connectivity index (χ4v) is 3.91. The first-order valence-corrected chi connectivity index (χ1v) is 9.26. The number of alkyl halides is 3. The van der Waals surface area contributed by atoms with Gasteiger partial charge in [-0.1, -0.05) is 25.1 Å². The first kappa shape index (κ1) is 22.2. The molecule has 0 bridgehead atoms. The van der Waals surface area contributed by atoms with Gasteiger partial charge in [0.1, 0.15) is 11.1 Å². The summed E-state index contributed by atoms with van der Waals surface area (Å²) in [5, 5.41) is 13.0. The van der Waals surface area contributed by atoms with Crippen molar-refractivity contribution in [1.29, 1.82) is 5.26 Å². The molecular formula is C19H18F3N3O3S. The third-order valence-electron chi connectivity index (χ3n) is 4.23. The Morgan fingerprint density at radius 2 is 1.86 bits per heavy atom. The molecule has 1 atom stereocenters. The maximum Gasteiger partial charge on any atom is 0.441 e. The van der Waals surface area contributed by atoms with Crippen molar-refractivity contribution in [3.05, 3.63) is 51.9 Å². The van der Waals surface area contributed by atoms with Crippen molar-refractivity contribution < 1.29 is 27.5 Å². The molecule has 2 aromatic rings. The number of hydrogen-bond donors (Lipinski definition) is 2. The zero-order valence-electron chi connectivity index (χ0n) is 15.8. The number of amides is 1. The van der Waals surface area contributed by atoms with E-state index in [1.54, 1.807) is 25.2 Å². The van der Waals surface area contributed by atoms with Crippen LogP contribution >= 0.6 is 11.3 Å². The van der Waals surface area contributed by atoms with Gasteiger partial charge < -0.3 is 15.4 Å². The number of halogens is 3. The van der Waals surface area contributed by atoms with E-state index in [4.69, 9.17) is 0 Å². The van der Waals surface area contributed by atoms with E-state index in [0.29, 0.717) is 16.9 Å². The number of nitriles is 1. The van der Waals surface area contributed by atoms with Gasteiger partial charge in [-0.15, -0.1) is 11.3 Å². The van der Waals surface area contributed by atoms with Gasteiger partial charge in [0.25, 0.3) is 5.91 Å². The van der Waals surface area contributed by atoms with Gasteiger partial charge >= 0.3 is 17.8 Å². The predicted octanol–water partition coefficient (Wildman–Crippen LogP) is 3.76. The van der Waals surface area contributed by atoms with Crippen LogP contribution in [-0.4, -0.2) is 30.8 Å².